The van der Waals surface area contributed by atoms with Crippen LogP contribution in [0.25, 0.3) is 0 Å². The third-order valence-electron chi connectivity index (χ3n) is 4.74. The Morgan fingerprint density at radius 1 is 0.359 bits per heavy atom. The lowest BCUT2D eigenvalue weighted by Crippen LogP contribution is -2.77. The summed E-state index contributed by atoms with van der Waals surface area (Å²) >= 11 is -0.698. The normalized spacial score (nSPS) is 16.6. The second-order valence-corrected chi connectivity index (χ2v) is 8.17. The van der Waals surface area contributed by atoms with Gasteiger partial charge in [0.1, 0.15) is 0 Å². The van der Waals surface area contributed by atoms with Crippen LogP contribution in [0.1, 0.15) is 4.88 Å². The largest absolute Gasteiger partial charge is 0.460 e. The summed E-state index contributed by atoms with van der Waals surface area (Å²) in [6.07, 6.45) is -8.08. The predicted octanol–water partition coefficient (Wildman–Crippen LogP) is 9.12. The number of thiophene rings is 1. The average Bonchev–Trinajstić information content (AvgIpc) is 3.27. The minimum atomic E-state index is -9.38. The van der Waals surface area contributed by atoms with Crippen molar-refractivity contribution in [3.05, 3.63) is 22.4 Å². The lowest BCUT2D eigenvalue weighted by atomic mass is 9.85. The first-order valence-electron chi connectivity index (χ1n) is 8.49. The molecule has 39 heavy (non-hydrogen) atoms. The lowest BCUT2D eigenvalue weighted by molar-refractivity contribution is -0.479. The highest BCUT2D eigenvalue weighted by molar-refractivity contribution is 7.10. The molecule has 0 aliphatic heterocycles. The van der Waals surface area contributed by atoms with Gasteiger partial charge in [0.25, 0.3) is 0 Å². The Kier molecular flexibility index (Phi) is 7.92. The molecule has 0 nitrogen and oxygen atoms in total. The van der Waals surface area contributed by atoms with Crippen molar-refractivity contribution in [2.75, 3.05) is 0 Å². The quantitative estimate of drug-likeness (QED) is 0.221. The fourth-order valence-corrected chi connectivity index (χ4v) is 3.10. The van der Waals surface area contributed by atoms with Crippen molar-refractivity contribution in [3.63, 3.8) is 0 Å². The van der Waals surface area contributed by atoms with Gasteiger partial charge in [-0.1, -0.05) is 6.07 Å². The van der Waals surface area contributed by atoms with E-state index in [2.05, 4.69) is 0 Å². The molecular weight excluding hydrogens is 649 g/mol. The standard InChI is InChI=1S/C15H3F23S/c16-5(17,4-2-1-3-39-4)6(18,19)7(20,21)8(22,23)9(24,25)10(26,27)11(28,29)12(30,31)13(32,33)14(34,35)15(36,37)38/h1-3H. The second kappa shape index (κ2) is 8.79. The summed E-state index contributed by atoms with van der Waals surface area (Å²) in [6.45, 7) is 0. The number of alkyl halides is 23. The SMILES string of the molecule is FC(F)(F)C(F)(F)C(F)(F)C(F)(F)C(F)(F)C(F)(F)C(F)(F)C(F)(F)C(F)(F)C(F)(F)C(F)(F)c1cccs1. The van der Waals surface area contributed by atoms with Gasteiger partial charge in [-0.2, -0.15) is 101 Å². The van der Waals surface area contributed by atoms with Gasteiger partial charge in [-0.15, -0.1) is 11.3 Å². The van der Waals surface area contributed by atoms with Crippen molar-refractivity contribution in [1.82, 2.24) is 0 Å². The molecule has 0 radical (unpaired) electrons. The van der Waals surface area contributed by atoms with Crippen LogP contribution >= 0.6 is 11.3 Å². The first-order valence-corrected chi connectivity index (χ1v) is 9.37. The van der Waals surface area contributed by atoms with Gasteiger partial charge in [-0.25, -0.2) is 0 Å². The summed E-state index contributed by atoms with van der Waals surface area (Å²) in [4.78, 5) is -2.40. The number of rotatable bonds is 10. The summed E-state index contributed by atoms with van der Waals surface area (Å²) < 4.78 is 305. The van der Waals surface area contributed by atoms with Gasteiger partial charge in [0.05, 0.1) is 4.88 Å². The third kappa shape index (κ3) is 4.10. The van der Waals surface area contributed by atoms with Crippen LogP contribution < -0.4 is 0 Å². The Morgan fingerprint density at radius 3 is 0.846 bits per heavy atom. The van der Waals surface area contributed by atoms with Gasteiger partial charge >= 0.3 is 65.4 Å². The van der Waals surface area contributed by atoms with E-state index in [0.29, 0.717) is 11.4 Å². The molecule has 0 saturated heterocycles. The maximum atomic E-state index is 13.8. The zero-order valence-corrected chi connectivity index (χ0v) is 17.6. The van der Waals surface area contributed by atoms with E-state index in [1.165, 1.54) is 0 Å². The van der Waals surface area contributed by atoms with E-state index >= 15 is 0 Å². The molecule has 0 atom stereocenters. The molecule has 1 rings (SSSR count). The zero-order valence-electron chi connectivity index (χ0n) is 16.8. The Hall–Kier alpha value is -1.91. The molecule has 0 saturated carbocycles. The second-order valence-electron chi connectivity index (χ2n) is 7.22. The molecule has 1 heterocycles. The molecule has 230 valence electrons. The summed E-state index contributed by atoms with van der Waals surface area (Å²) in [5, 5.41) is 0.331. The molecule has 0 aliphatic rings. The molecule has 1 aromatic heterocycles. The molecular formula is C15H3F23S. The molecule has 0 fully saturated rings. The van der Waals surface area contributed by atoms with Crippen molar-refractivity contribution in [3.8, 4) is 0 Å². The topological polar surface area (TPSA) is 0 Å². The highest BCUT2D eigenvalue weighted by Gasteiger charge is 2.98. The highest BCUT2D eigenvalue weighted by atomic mass is 32.1. The Labute approximate surface area is 201 Å². The first-order chi connectivity index (χ1) is 16.6. The van der Waals surface area contributed by atoms with Crippen LogP contribution in [-0.4, -0.2) is 59.5 Å². The van der Waals surface area contributed by atoms with Crippen molar-refractivity contribution in [2.45, 2.75) is 65.4 Å². The van der Waals surface area contributed by atoms with E-state index in [4.69, 9.17) is 0 Å². The van der Waals surface area contributed by atoms with Gasteiger partial charge in [0, 0.05) is 0 Å². The van der Waals surface area contributed by atoms with Gasteiger partial charge in [0.15, 0.2) is 0 Å². The highest BCUT2D eigenvalue weighted by Crippen LogP contribution is 2.67. The summed E-state index contributed by atoms with van der Waals surface area (Å²) in [6, 6.07) is 0.0414. The van der Waals surface area contributed by atoms with Crippen LogP contribution in [-0.2, 0) is 5.92 Å². The molecule has 24 heteroatoms. The van der Waals surface area contributed by atoms with E-state index in [1.54, 1.807) is 0 Å². The number of hydrogen-bond acceptors (Lipinski definition) is 1. The minimum Gasteiger partial charge on any atom is -0.193 e. The van der Waals surface area contributed by atoms with Crippen LogP contribution in [0.2, 0.25) is 0 Å². The van der Waals surface area contributed by atoms with Gasteiger partial charge in [0.2, 0.25) is 0 Å². The van der Waals surface area contributed by atoms with Crippen LogP contribution in [0.4, 0.5) is 101 Å². The fourth-order valence-electron chi connectivity index (χ4n) is 2.37. The van der Waals surface area contributed by atoms with Gasteiger partial charge in [-0.05, 0) is 11.4 Å². The molecule has 0 aromatic carbocycles. The van der Waals surface area contributed by atoms with E-state index in [-0.39, 0.29) is 6.07 Å². The lowest BCUT2D eigenvalue weighted by Gasteiger charge is -2.45. The van der Waals surface area contributed by atoms with Crippen molar-refractivity contribution < 1.29 is 101 Å². The fraction of sp³-hybridized carbons (Fsp3) is 0.733. The summed E-state index contributed by atoms with van der Waals surface area (Å²) in [7, 11) is 0. The molecule has 0 N–H and O–H groups in total. The Balaban J connectivity index is 3.84. The van der Waals surface area contributed by atoms with E-state index < -0.39 is 81.6 Å². The van der Waals surface area contributed by atoms with Crippen LogP contribution in [0.5, 0.6) is 0 Å². The molecule has 0 aliphatic carbocycles. The maximum absolute atomic E-state index is 13.8. The first kappa shape index (κ1) is 35.1. The molecule has 1 aromatic rings. The van der Waals surface area contributed by atoms with Crippen LogP contribution in [0.3, 0.4) is 0 Å². The third-order valence-corrected chi connectivity index (χ3v) is 5.68. The zero-order chi connectivity index (χ0) is 31.9. The summed E-state index contributed by atoms with van der Waals surface area (Å²) in [5.74, 6) is -87.4. The molecule has 0 bridgehead atoms. The van der Waals surface area contributed by atoms with Gasteiger partial charge in [-0.3, -0.25) is 0 Å². The Bertz CT molecular complexity index is 1010. The monoisotopic (exact) mass is 652 g/mol. The van der Waals surface area contributed by atoms with E-state index in [9.17, 15) is 101 Å². The van der Waals surface area contributed by atoms with Crippen molar-refractivity contribution >= 4 is 11.3 Å². The molecule has 0 amide bonds. The van der Waals surface area contributed by atoms with E-state index in [0.717, 1.165) is 0 Å². The van der Waals surface area contributed by atoms with E-state index in [1.807, 2.05) is 0 Å². The average molecular weight is 652 g/mol. The van der Waals surface area contributed by atoms with Crippen LogP contribution in [0, 0.1) is 0 Å². The number of hydrogen-bond donors (Lipinski definition) is 0. The van der Waals surface area contributed by atoms with Crippen molar-refractivity contribution in [2.24, 2.45) is 0 Å². The van der Waals surface area contributed by atoms with Crippen molar-refractivity contribution in [1.29, 1.82) is 0 Å². The molecule has 0 unspecified atom stereocenters. The Morgan fingerprint density at radius 2 is 0.615 bits per heavy atom. The minimum absolute atomic E-state index is 0.267. The predicted molar refractivity (Wildman–Crippen MR) is 78.8 cm³/mol. The summed E-state index contributed by atoms with van der Waals surface area (Å²) in [5.41, 5.74) is 0. The van der Waals surface area contributed by atoms with Crippen LogP contribution in [0.15, 0.2) is 17.5 Å². The van der Waals surface area contributed by atoms with Gasteiger partial charge < -0.3 is 0 Å². The maximum Gasteiger partial charge on any atom is 0.460 e. The molecule has 0 spiro atoms. The number of halogens is 23. The smallest absolute Gasteiger partial charge is 0.193 e.